The highest BCUT2D eigenvalue weighted by Crippen LogP contribution is 2.14. The summed E-state index contributed by atoms with van der Waals surface area (Å²) in [6, 6.07) is 10.2. The summed E-state index contributed by atoms with van der Waals surface area (Å²) in [4.78, 5) is 4.41. The standard InChI is InChI=1S/C12H13NO/c1-9-2-4-11-8-10(6-7-14)3-5-12(11)13-9/h2-5,8,14H,6-7H2,1H3. The Hall–Kier alpha value is -1.41. The molecule has 2 aromatic rings. The van der Waals surface area contributed by atoms with Crippen LogP contribution in [0.25, 0.3) is 10.9 Å². The van der Waals surface area contributed by atoms with Crippen molar-refractivity contribution >= 4 is 10.9 Å². The lowest BCUT2D eigenvalue weighted by atomic mass is 10.1. The molecular weight excluding hydrogens is 174 g/mol. The van der Waals surface area contributed by atoms with Crippen LogP contribution in [0.5, 0.6) is 0 Å². The molecule has 72 valence electrons. The van der Waals surface area contributed by atoms with Crippen molar-refractivity contribution in [2.45, 2.75) is 13.3 Å². The first-order valence-electron chi connectivity index (χ1n) is 4.77. The Morgan fingerprint density at radius 2 is 2.07 bits per heavy atom. The number of aromatic nitrogens is 1. The van der Waals surface area contributed by atoms with Gasteiger partial charge in [-0.15, -0.1) is 0 Å². The Kier molecular flexibility index (Phi) is 2.46. The maximum Gasteiger partial charge on any atom is 0.0705 e. The van der Waals surface area contributed by atoms with E-state index in [1.807, 2.05) is 25.1 Å². The number of hydrogen-bond donors (Lipinski definition) is 1. The van der Waals surface area contributed by atoms with Crippen molar-refractivity contribution < 1.29 is 5.11 Å². The molecule has 2 rings (SSSR count). The smallest absolute Gasteiger partial charge is 0.0705 e. The summed E-state index contributed by atoms with van der Waals surface area (Å²) in [5, 5.41) is 9.96. The molecule has 0 amide bonds. The van der Waals surface area contributed by atoms with Gasteiger partial charge in [-0.1, -0.05) is 12.1 Å². The van der Waals surface area contributed by atoms with E-state index in [0.717, 1.165) is 22.2 Å². The van der Waals surface area contributed by atoms with E-state index in [4.69, 9.17) is 5.11 Å². The fourth-order valence-electron chi connectivity index (χ4n) is 1.56. The van der Waals surface area contributed by atoms with Crippen LogP contribution in [-0.2, 0) is 6.42 Å². The van der Waals surface area contributed by atoms with E-state index in [1.54, 1.807) is 0 Å². The third kappa shape index (κ3) is 1.75. The van der Waals surface area contributed by atoms with E-state index in [0.29, 0.717) is 6.42 Å². The van der Waals surface area contributed by atoms with E-state index < -0.39 is 0 Å². The van der Waals surface area contributed by atoms with Crippen LogP contribution in [0.4, 0.5) is 0 Å². The van der Waals surface area contributed by atoms with Crippen LogP contribution < -0.4 is 0 Å². The molecule has 0 atom stereocenters. The zero-order valence-corrected chi connectivity index (χ0v) is 8.20. The highest BCUT2D eigenvalue weighted by atomic mass is 16.2. The number of rotatable bonds is 2. The molecule has 0 radical (unpaired) electrons. The largest absolute Gasteiger partial charge is 0.396 e. The second kappa shape index (κ2) is 3.76. The van der Waals surface area contributed by atoms with Gasteiger partial charge in [0.25, 0.3) is 0 Å². The lowest BCUT2D eigenvalue weighted by molar-refractivity contribution is 0.299. The van der Waals surface area contributed by atoms with Crippen LogP contribution in [-0.4, -0.2) is 16.7 Å². The fourth-order valence-corrected chi connectivity index (χ4v) is 1.56. The molecule has 0 aliphatic carbocycles. The molecule has 14 heavy (non-hydrogen) atoms. The first kappa shape index (κ1) is 9.16. The van der Waals surface area contributed by atoms with Crippen LogP contribution >= 0.6 is 0 Å². The number of fused-ring (bicyclic) bond motifs is 1. The van der Waals surface area contributed by atoms with Gasteiger partial charge in [-0.3, -0.25) is 4.98 Å². The van der Waals surface area contributed by atoms with Gasteiger partial charge in [0.05, 0.1) is 5.52 Å². The van der Waals surface area contributed by atoms with Gasteiger partial charge in [0.1, 0.15) is 0 Å². The van der Waals surface area contributed by atoms with Crippen molar-refractivity contribution in [1.82, 2.24) is 4.98 Å². The number of aryl methyl sites for hydroxylation is 1. The Balaban J connectivity index is 2.50. The van der Waals surface area contributed by atoms with E-state index in [1.165, 1.54) is 0 Å². The lowest BCUT2D eigenvalue weighted by Gasteiger charge is -2.02. The Bertz CT molecular complexity index is 451. The number of hydrogen-bond acceptors (Lipinski definition) is 2. The molecule has 0 aliphatic rings. The van der Waals surface area contributed by atoms with Crippen molar-refractivity contribution in [2.75, 3.05) is 6.61 Å². The molecule has 0 saturated heterocycles. The van der Waals surface area contributed by atoms with Crippen molar-refractivity contribution in [2.24, 2.45) is 0 Å². The fraction of sp³-hybridized carbons (Fsp3) is 0.250. The molecule has 2 heteroatoms. The zero-order chi connectivity index (χ0) is 9.97. The number of nitrogens with zero attached hydrogens (tertiary/aromatic N) is 1. The van der Waals surface area contributed by atoms with Gasteiger partial charge in [0.15, 0.2) is 0 Å². The zero-order valence-electron chi connectivity index (χ0n) is 8.20. The molecule has 1 N–H and O–H groups in total. The first-order valence-corrected chi connectivity index (χ1v) is 4.77. The van der Waals surface area contributed by atoms with Crippen molar-refractivity contribution in [3.05, 3.63) is 41.6 Å². The monoisotopic (exact) mass is 187 g/mol. The minimum absolute atomic E-state index is 0.199. The van der Waals surface area contributed by atoms with Gasteiger partial charge >= 0.3 is 0 Å². The second-order valence-electron chi connectivity index (χ2n) is 3.45. The third-order valence-corrected chi connectivity index (χ3v) is 2.29. The average Bonchev–Trinajstić information content (AvgIpc) is 2.19. The predicted molar refractivity (Wildman–Crippen MR) is 57.3 cm³/mol. The summed E-state index contributed by atoms with van der Waals surface area (Å²) in [5.74, 6) is 0. The molecule has 0 fully saturated rings. The maximum absolute atomic E-state index is 8.82. The van der Waals surface area contributed by atoms with Crippen LogP contribution in [0.3, 0.4) is 0 Å². The second-order valence-corrected chi connectivity index (χ2v) is 3.45. The van der Waals surface area contributed by atoms with E-state index in [2.05, 4.69) is 17.1 Å². The number of pyridine rings is 1. The first-order chi connectivity index (χ1) is 6.79. The summed E-state index contributed by atoms with van der Waals surface area (Å²) in [5.41, 5.74) is 3.21. The summed E-state index contributed by atoms with van der Waals surface area (Å²) >= 11 is 0. The third-order valence-electron chi connectivity index (χ3n) is 2.29. The lowest BCUT2D eigenvalue weighted by Crippen LogP contribution is -1.91. The summed E-state index contributed by atoms with van der Waals surface area (Å²) in [6.45, 7) is 2.19. The SMILES string of the molecule is Cc1ccc2cc(CCO)ccc2n1. The van der Waals surface area contributed by atoms with Crippen molar-refractivity contribution in [3.63, 3.8) is 0 Å². The van der Waals surface area contributed by atoms with E-state index >= 15 is 0 Å². The molecule has 0 saturated carbocycles. The number of aliphatic hydroxyl groups excluding tert-OH is 1. The number of benzene rings is 1. The van der Waals surface area contributed by atoms with Crippen LogP contribution in [0, 0.1) is 6.92 Å². The topological polar surface area (TPSA) is 33.1 Å². The Labute approximate surface area is 83.2 Å². The predicted octanol–water partition coefficient (Wildman–Crippen LogP) is 2.08. The van der Waals surface area contributed by atoms with Crippen LogP contribution in [0.15, 0.2) is 30.3 Å². The van der Waals surface area contributed by atoms with Gasteiger partial charge < -0.3 is 5.11 Å². The minimum atomic E-state index is 0.199. The molecule has 2 nitrogen and oxygen atoms in total. The quantitative estimate of drug-likeness (QED) is 0.780. The Morgan fingerprint density at radius 1 is 1.21 bits per heavy atom. The minimum Gasteiger partial charge on any atom is -0.396 e. The van der Waals surface area contributed by atoms with Crippen LogP contribution in [0.2, 0.25) is 0 Å². The summed E-state index contributed by atoms with van der Waals surface area (Å²) < 4.78 is 0. The van der Waals surface area contributed by atoms with Gasteiger partial charge in [-0.2, -0.15) is 0 Å². The van der Waals surface area contributed by atoms with Gasteiger partial charge in [-0.25, -0.2) is 0 Å². The molecule has 0 spiro atoms. The molecule has 1 aromatic heterocycles. The normalized spacial score (nSPS) is 10.7. The molecule has 0 unspecified atom stereocenters. The van der Waals surface area contributed by atoms with E-state index in [9.17, 15) is 0 Å². The molecule has 0 bridgehead atoms. The average molecular weight is 187 g/mol. The highest BCUT2D eigenvalue weighted by molar-refractivity contribution is 5.79. The van der Waals surface area contributed by atoms with Gasteiger partial charge in [0.2, 0.25) is 0 Å². The molecule has 0 aliphatic heterocycles. The van der Waals surface area contributed by atoms with Crippen molar-refractivity contribution in [1.29, 1.82) is 0 Å². The Morgan fingerprint density at radius 3 is 2.86 bits per heavy atom. The van der Waals surface area contributed by atoms with Gasteiger partial charge in [-0.05, 0) is 37.1 Å². The summed E-state index contributed by atoms with van der Waals surface area (Å²) in [7, 11) is 0. The van der Waals surface area contributed by atoms with Crippen molar-refractivity contribution in [3.8, 4) is 0 Å². The molecule has 1 aromatic carbocycles. The molecule has 1 heterocycles. The summed E-state index contributed by atoms with van der Waals surface area (Å²) in [6.07, 6.45) is 0.712. The van der Waals surface area contributed by atoms with Crippen LogP contribution in [0.1, 0.15) is 11.3 Å². The highest BCUT2D eigenvalue weighted by Gasteiger charge is 1.97. The van der Waals surface area contributed by atoms with Gasteiger partial charge in [0, 0.05) is 17.7 Å². The molecular formula is C12H13NO. The maximum atomic E-state index is 8.82. The number of aliphatic hydroxyl groups is 1. The van der Waals surface area contributed by atoms with E-state index in [-0.39, 0.29) is 6.61 Å².